The van der Waals surface area contributed by atoms with E-state index in [1.807, 2.05) is 11.3 Å². The Labute approximate surface area is 405 Å². The lowest BCUT2D eigenvalue weighted by Crippen LogP contribution is -2.44. The number of fused-ring (bicyclic) bond motifs is 1. The van der Waals surface area contributed by atoms with E-state index < -0.39 is 83.8 Å². The van der Waals surface area contributed by atoms with Crippen LogP contribution >= 0.6 is 11.3 Å². The van der Waals surface area contributed by atoms with Crippen molar-refractivity contribution in [1.29, 1.82) is 0 Å². The second-order valence-corrected chi connectivity index (χ2v) is 26.5. The van der Waals surface area contributed by atoms with Crippen LogP contribution in [0.1, 0.15) is 110 Å². The molecule has 1 aromatic heterocycles. The topological polar surface area (TPSA) is 142 Å². The van der Waals surface area contributed by atoms with Crippen LogP contribution in [0.4, 0.5) is 0 Å². The zero-order chi connectivity index (χ0) is 47.6. The maximum Gasteiger partial charge on any atom is 0.305 e. The summed E-state index contributed by atoms with van der Waals surface area (Å²) in [5.74, 6) is 1.39. The Morgan fingerprint density at radius 3 is 1.62 bits per heavy atom. The fourth-order valence-corrected chi connectivity index (χ4v) is 17.6. The Bertz CT molecular complexity index is 1560. The van der Waals surface area contributed by atoms with Gasteiger partial charge in [0.05, 0.1) is 25.2 Å². The summed E-state index contributed by atoms with van der Waals surface area (Å²) >= 11 is 1.93. The first-order valence-electron chi connectivity index (χ1n) is 24.7. The quantitative estimate of drug-likeness (QED) is 0.0358. The molecule has 0 unspecified atom stereocenters. The van der Waals surface area contributed by atoms with Gasteiger partial charge in [-0.1, -0.05) is 118 Å². The number of aliphatic hydroxyl groups is 3. The average Bonchev–Trinajstić information content (AvgIpc) is 3.88. The van der Waals surface area contributed by atoms with Gasteiger partial charge in [0.2, 0.25) is 0 Å². The number of carbonyl (C=O) groups is 1. The molecule has 1 aliphatic carbocycles. The smallest absolute Gasteiger partial charge is 0.305 e. The summed E-state index contributed by atoms with van der Waals surface area (Å²) in [6.45, 7) is 26.1. The molecule has 5 atom stereocenters. The molecule has 0 aliphatic heterocycles. The number of benzene rings is 1. The molecule has 11 nitrogen and oxygen atoms in total. The molecule has 0 radical (unpaired) electrons. The monoisotopic (exact) mass is 1020 g/mol. The van der Waals surface area contributed by atoms with E-state index in [4.69, 9.17) is 31.3 Å². The molecule has 1 aliphatic rings. The van der Waals surface area contributed by atoms with Crippen LogP contribution in [0.2, 0.25) is 39.3 Å². The minimum absolute atomic E-state index is 0.206. The number of unbranched alkanes of at least 4 members (excludes halogenated alkanes) is 3. The third kappa shape index (κ3) is 15.3. The number of aliphatic hydroxyl groups excluding tert-OH is 3. The maximum atomic E-state index is 12.7. The maximum absolute atomic E-state index is 12.7. The molecule has 370 valence electrons. The number of hydrogen-bond acceptors (Lipinski definition) is 12. The highest BCUT2D eigenvalue weighted by atomic mass is 32.1. The van der Waals surface area contributed by atoms with Gasteiger partial charge in [0.1, 0.15) is 25.5 Å². The Kier molecular flexibility index (Phi) is 25.6. The second-order valence-electron chi connectivity index (χ2n) is 19.9. The molecule has 0 saturated heterocycles. The van der Waals surface area contributed by atoms with Gasteiger partial charge < -0.3 is 46.6 Å². The lowest BCUT2D eigenvalue weighted by molar-refractivity contribution is -0.151. The number of thiophene rings is 1. The molecule has 1 saturated carbocycles. The summed E-state index contributed by atoms with van der Waals surface area (Å²) in [5.41, 5.74) is -1.89. The molecule has 3 rings (SSSR count). The molecule has 0 bridgehead atoms. The molecular formula is C46H90O11SSi6. The van der Waals surface area contributed by atoms with Gasteiger partial charge in [0.25, 0.3) is 0 Å². The summed E-state index contributed by atoms with van der Waals surface area (Å²) in [7, 11) is -4.34. The minimum Gasteiger partial charge on any atom is -0.465 e. The van der Waals surface area contributed by atoms with Gasteiger partial charge in [0, 0.05) is 38.2 Å². The van der Waals surface area contributed by atoms with E-state index in [9.17, 15) is 20.1 Å². The fraction of sp³-hybridized carbons (Fsp3) is 0.804. The fourth-order valence-electron chi connectivity index (χ4n) is 10.6. The summed E-state index contributed by atoms with van der Waals surface area (Å²) in [5, 5.41) is 30.3. The summed E-state index contributed by atoms with van der Waals surface area (Å²) < 4.78 is 46.5. The van der Waals surface area contributed by atoms with Crippen molar-refractivity contribution >= 4 is 86.0 Å². The highest BCUT2D eigenvalue weighted by Crippen LogP contribution is 2.61. The van der Waals surface area contributed by atoms with Gasteiger partial charge in [-0.3, -0.25) is 4.79 Å². The number of hydrogen-bond donors (Lipinski definition) is 3. The van der Waals surface area contributed by atoms with E-state index >= 15 is 0 Å². The molecule has 1 fully saturated rings. The van der Waals surface area contributed by atoms with Crippen molar-refractivity contribution in [1.82, 2.24) is 0 Å². The van der Waals surface area contributed by atoms with Gasteiger partial charge in [-0.2, -0.15) is 0 Å². The first-order chi connectivity index (χ1) is 30.5. The summed E-state index contributed by atoms with van der Waals surface area (Å²) in [6.07, 6.45) is 7.48. The lowest BCUT2D eigenvalue weighted by Gasteiger charge is -2.44. The Morgan fingerprint density at radius 2 is 1.14 bits per heavy atom. The van der Waals surface area contributed by atoms with Crippen LogP contribution < -0.4 is 0 Å². The molecular weight excluding hydrogens is 929 g/mol. The predicted molar refractivity (Wildman–Crippen MR) is 280 cm³/mol. The van der Waals surface area contributed by atoms with Gasteiger partial charge in [-0.05, 0) is 73.3 Å². The van der Waals surface area contributed by atoms with Crippen molar-refractivity contribution < 1.29 is 51.4 Å². The zero-order valence-corrected chi connectivity index (χ0v) is 51.3. The van der Waals surface area contributed by atoms with Crippen molar-refractivity contribution in [2.24, 2.45) is 45.3 Å². The van der Waals surface area contributed by atoms with E-state index in [1.54, 1.807) is 0 Å². The average molecular weight is 1020 g/mol. The first kappa shape index (κ1) is 57.9. The van der Waals surface area contributed by atoms with Crippen molar-refractivity contribution in [3.8, 4) is 0 Å². The number of rotatable bonds is 34. The van der Waals surface area contributed by atoms with Crippen LogP contribution in [0.15, 0.2) is 30.3 Å². The molecule has 3 N–H and O–H groups in total. The standard InChI is InChI=1S/C46H90O11SSi6/c1-43(2,40(52-59-7)53-60-8)34(38-25-31-19-17-18-21-37(31)58-38)24-23-33-32(20-15-13-14-16-22-39(50)51-30-46(27-47,28-48)29-49)35(44(3,4)41(54-61-9)55-62-10)26-36(33)45(5,6)42(56-63-11)57-64-12/h17-19,21,25,32-36,40-42,47-49H,13-16,20,22-24,26-30,59-64H2,1-12H3/t32-,33-,34+,35-,36-/m1/s1. The van der Waals surface area contributed by atoms with E-state index in [2.05, 4.69) is 111 Å². The van der Waals surface area contributed by atoms with Crippen LogP contribution in [-0.4, -0.2) is 125 Å². The third-order valence-corrected chi connectivity index (χ3v) is 19.5. The largest absolute Gasteiger partial charge is 0.465 e. The first-order valence-corrected chi connectivity index (χ1v) is 37.4. The van der Waals surface area contributed by atoms with Gasteiger partial charge in [-0.15, -0.1) is 11.3 Å². The predicted octanol–water partition coefficient (Wildman–Crippen LogP) is 5.43. The van der Waals surface area contributed by atoms with Gasteiger partial charge >= 0.3 is 5.97 Å². The molecule has 2 aromatic rings. The van der Waals surface area contributed by atoms with Crippen molar-refractivity contribution in [3.63, 3.8) is 0 Å². The van der Waals surface area contributed by atoms with E-state index in [0.29, 0.717) is 30.1 Å². The lowest BCUT2D eigenvalue weighted by atomic mass is 9.66. The number of esters is 1. The van der Waals surface area contributed by atoms with Crippen molar-refractivity contribution in [2.75, 3.05) is 26.4 Å². The molecule has 1 heterocycles. The molecule has 18 heteroatoms. The second kappa shape index (κ2) is 28.3. The van der Waals surface area contributed by atoms with Crippen LogP contribution in [0.5, 0.6) is 0 Å². The van der Waals surface area contributed by atoms with Crippen LogP contribution in [-0.2, 0) is 36.1 Å². The van der Waals surface area contributed by atoms with Crippen LogP contribution in [0, 0.1) is 45.3 Å². The normalized spacial score (nSPS) is 21.9. The zero-order valence-electron chi connectivity index (χ0n) is 42.0. The van der Waals surface area contributed by atoms with Gasteiger partial charge in [0.15, 0.2) is 58.6 Å². The highest BCUT2D eigenvalue weighted by molar-refractivity contribution is 7.19. The molecule has 0 spiro atoms. The highest BCUT2D eigenvalue weighted by Gasteiger charge is 2.57. The number of carbonyl (C=O) groups excluding carboxylic acids is 1. The van der Waals surface area contributed by atoms with E-state index in [-0.39, 0.29) is 60.0 Å². The van der Waals surface area contributed by atoms with E-state index in [1.165, 1.54) is 15.0 Å². The van der Waals surface area contributed by atoms with E-state index in [0.717, 1.165) is 44.9 Å². The van der Waals surface area contributed by atoms with Crippen molar-refractivity contribution in [3.05, 3.63) is 35.2 Å². The SMILES string of the molecule is C[SiH2]OC(O[SiH2]C)C(C)(C)[C@@H]1C[C@@H](C(C)(C)C(O[SiH2]C)O[SiH2]C)[C@H](CC[C@@H](c2cc3ccccc3s2)C(C)(C)C(O[SiH2]C)O[SiH2]C)[C@H]1CCCCCCC(=O)OCC(CO)(CO)CO. The Hall–Kier alpha value is -0.409. The van der Waals surface area contributed by atoms with Crippen LogP contribution in [0.25, 0.3) is 10.1 Å². The summed E-state index contributed by atoms with van der Waals surface area (Å²) in [4.78, 5) is 14.1. The summed E-state index contributed by atoms with van der Waals surface area (Å²) in [6, 6.07) is 11.2. The van der Waals surface area contributed by atoms with Crippen LogP contribution in [0.3, 0.4) is 0 Å². The Morgan fingerprint density at radius 1 is 0.672 bits per heavy atom. The Balaban J connectivity index is 2.07. The molecule has 0 amide bonds. The third-order valence-electron chi connectivity index (χ3n) is 14.4. The molecule has 1 aromatic carbocycles. The van der Waals surface area contributed by atoms with Crippen molar-refractivity contribution in [2.45, 2.75) is 163 Å². The number of ether oxygens (including phenoxy) is 1. The van der Waals surface area contributed by atoms with Gasteiger partial charge in [-0.25, -0.2) is 0 Å². The minimum atomic E-state index is -1.22. The molecule has 64 heavy (non-hydrogen) atoms.